The summed E-state index contributed by atoms with van der Waals surface area (Å²) in [6, 6.07) is 4.23. The molecule has 15 heavy (non-hydrogen) atoms. The number of benzene rings is 1. The molecule has 0 saturated carbocycles. The summed E-state index contributed by atoms with van der Waals surface area (Å²) in [4.78, 5) is 10.9. The van der Waals surface area contributed by atoms with Crippen LogP contribution in [0.2, 0.25) is 0 Å². The number of hydrogen-bond donors (Lipinski definition) is 2. The zero-order valence-electron chi connectivity index (χ0n) is 7.78. The van der Waals surface area contributed by atoms with Crippen LogP contribution in [0.5, 0.6) is 0 Å². The van der Waals surface area contributed by atoms with Gasteiger partial charge in [0.05, 0.1) is 0 Å². The van der Waals surface area contributed by atoms with Crippen LogP contribution in [0.1, 0.15) is 24.0 Å². The standard InChI is InChI=1S/C10H10F2O2S/c11-10(12)8-3-2-7(15)5-6(8)1-4-9(13)14/h2-3,5,10,15H,1,4H2,(H,13,14). The zero-order valence-corrected chi connectivity index (χ0v) is 8.68. The predicted octanol–water partition coefficient (Wildman–Crippen LogP) is 2.93. The molecule has 5 heteroatoms. The maximum atomic E-state index is 12.5. The van der Waals surface area contributed by atoms with E-state index in [1.165, 1.54) is 18.2 Å². The minimum absolute atomic E-state index is 0.101. The van der Waals surface area contributed by atoms with Crippen molar-refractivity contribution in [3.8, 4) is 0 Å². The number of rotatable bonds is 4. The lowest BCUT2D eigenvalue weighted by Crippen LogP contribution is -2.01. The molecule has 1 N–H and O–H groups in total. The van der Waals surface area contributed by atoms with Crippen LogP contribution >= 0.6 is 12.6 Å². The molecule has 1 aromatic carbocycles. The van der Waals surface area contributed by atoms with E-state index in [0.717, 1.165) is 0 Å². The molecule has 0 saturated heterocycles. The number of carboxylic acids is 1. The van der Waals surface area contributed by atoms with Crippen LogP contribution in [0.4, 0.5) is 8.78 Å². The number of aliphatic carboxylic acids is 1. The van der Waals surface area contributed by atoms with Crippen molar-refractivity contribution in [1.82, 2.24) is 0 Å². The van der Waals surface area contributed by atoms with Gasteiger partial charge in [-0.15, -0.1) is 12.6 Å². The fourth-order valence-electron chi connectivity index (χ4n) is 1.26. The number of aryl methyl sites for hydroxylation is 1. The van der Waals surface area contributed by atoms with Crippen LogP contribution in [0.3, 0.4) is 0 Å². The molecule has 82 valence electrons. The highest BCUT2D eigenvalue weighted by atomic mass is 32.1. The van der Waals surface area contributed by atoms with Crippen molar-refractivity contribution in [3.63, 3.8) is 0 Å². The van der Waals surface area contributed by atoms with Gasteiger partial charge in [0, 0.05) is 16.9 Å². The Kier molecular flexibility index (Phi) is 4.08. The third-order valence-electron chi connectivity index (χ3n) is 1.97. The predicted molar refractivity (Wildman–Crippen MR) is 54.6 cm³/mol. The Morgan fingerprint density at radius 2 is 2.13 bits per heavy atom. The van der Waals surface area contributed by atoms with Crippen LogP contribution < -0.4 is 0 Å². The molecule has 0 amide bonds. The van der Waals surface area contributed by atoms with Gasteiger partial charge in [-0.25, -0.2) is 8.78 Å². The number of halogens is 2. The third-order valence-corrected chi connectivity index (χ3v) is 2.25. The van der Waals surface area contributed by atoms with Crippen LogP contribution in [-0.4, -0.2) is 11.1 Å². The molecule has 0 heterocycles. The van der Waals surface area contributed by atoms with Crippen molar-refractivity contribution < 1.29 is 18.7 Å². The number of carbonyl (C=O) groups is 1. The van der Waals surface area contributed by atoms with E-state index in [1.807, 2.05) is 0 Å². The molecule has 0 radical (unpaired) electrons. The van der Waals surface area contributed by atoms with Gasteiger partial charge in [0.2, 0.25) is 0 Å². The molecule has 0 aromatic heterocycles. The Hall–Kier alpha value is -1.10. The van der Waals surface area contributed by atoms with Crippen molar-refractivity contribution in [2.24, 2.45) is 0 Å². The van der Waals surface area contributed by atoms with Crippen molar-refractivity contribution >= 4 is 18.6 Å². The van der Waals surface area contributed by atoms with Crippen molar-refractivity contribution in [2.45, 2.75) is 24.2 Å². The summed E-state index contributed by atoms with van der Waals surface area (Å²) in [6.07, 6.45) is -2.64. The van der Waals surface area contributed by atoms with Gasteiger partial charge in [0.15, 0.2) is 0 Å². The number of carboxylic acid groups (broad SMARTS) is 1. The maximum Gasteiger partial charge on any atom is 0.303 e. The van der Waals surface area contributed by atoms with Gasteiger partial charge >= 0.3 is 5.97 Å². The van der Waals surface area contributed by atoms with E-state index >= 15 is 0 Å². The molecule has 0 fully saturated rings. The summed E-state index contributed by atoms with van der Waals surface area (Å²) in [5.74, 6) is -1.00. The highest BCUT2D eigenvalue weighted by molar-refractivity contribution is 7.80. The Balaban J connectivity index is 2.91. The molecule has 0 spiro atoms. The average Bonchev–Trinajstić information content (AvgIpc) is 2.14. The van der Waals surface area contributed by atoms with Gasteiger partial charge in [-0.1, -0.05) is 6.07 Å². The van der Waals surface area contributed by atoms with Gasteiger partial charge in [0.25, 0.3) is 6.43 Å². The minimum Gasteiger partial charge on any atom is -0.481 e. The highest BCUT2D eigenvalue weighted by Crippen LogP contribution is 2.25. The monoisotopic (exact) mass is 232 g/mol. The smallest absolute Gasteiger partial charge is 0.303 e. The molecule has 0 unspecified atom stereocenters. The number of alkyl halides is 2. The second-order valence-corrected chi connectivity index (χ2v) is 3.59. The van der Waals surface area contributed by atoms with Crippen molar-refractivity contribution in [1.29, 1.82) is 0 Å². The van der Waals surface area contributed by atoms with Crippen LogP contribution in [0.25, 0.3) is 0 Å². The Morgan fingerprint density at radius 1 is 1.47 bits per heavy atom. The van der Waals surface area contributed by atoms with E-state index in [-0.39, 0.29) is 18.4 Å². The number of thiol groups is 1. The van der Waals surface area contributed by atoms with Crippen molar-refractivity contribution in [3.05, 3.63) is 29.3 Å². The normalized spacial score (nSPS) is 10.7. The molecule has 0 atom stereocenters. The van der Waals surface area contributed by atoms with E-state index in [1.54, 1.807) is 0 Å². The van der Waals surface area contributed by atoms with E-state index in [0.29, 0.717) is 10.5 Å². The maximum absolute atomic E-state index is 12.5. The summed E-state index contributed by atoms with van der Waals surface area (Å²) >= 11 is 4.02. The first-order valence-electron chi connectivity index (χ1n) is 4.32. The Bertz CT molecular complexity index is 366. The largest absolute Gasteiger partial charge is 0.481 e. The van der Waals surface area contributed by atoms with E-state index in [2.05, 4.69) is 12.6 Å². The van der Waals surface area contributed by atoms with Crippen LogP contribution in [-0.2, 0) is 11.2 Å². The Morgan fingerprint density at radius 3 is 2.67 bits per heavy atom. The van der Waals surface area contributed by atoms with Gasteiger partial charge in [-0.2, -0.15) is 0 Å². The molecule has 0 aliphatic rings. The number of hydrogen-bond acceptors (Lipinski definition) is 2. The Labute approximate surface area is 91.3 Å². The molecule has 0 bridgehead atoms. The summed E-state index contributed by atoms with van der Waals surface area (Å²) < 4.78 is 25.0. The summed E-state index contributed by atoms with van der Waals surface area (Å²) in [6.45, 7) is 0. The van der Waals surface area contributed by atoms with Crippen molar-refractivity contribution in [2.75, 3.05) is 0 Å². The molecular formula is C10H10F2O2S. The molecule has 0 aliphatic carbocycles. The minimum atomic E-state index is -2.58. The third kappa shape index (κ3) is 3.51. The second-order valence-electron chi connectivity index (χ2n) is 3.08. The first-order valence-corrected chi connectivity index (χ1v) is 4.77. The first-order chi connectivity index (χ1) is 7.00. The topological polar surface area (TPSA) is 37.3 Å². The van der Waals surface area contributed by atoms with Gasteiger partial charge in [-0.05, 0) is 24.1 Å². The highest BCUT2D eigenvalue weighted by Gasteiger charge is 2.13. The average molecular weight is 232 g/mol. The van der Waals surface area contributed by atoms with Crippen LogP contribution in [0, 0.1) is 0 Å². The molecule has 1 aromatic rings. The fourth-order valence-corrected chi connectivity index (χ4v) is 1.49. The van der Waals surface area contributed by atoms with E-state index < -0.39 is 12.4 Å². The fraction of sp³-hybridized carbons (Fsp3) is 0.300. The first kappa shape index (κ1) is 12.0. The molecule has 2 nitrogen and oxygen atoms in total. The summed E-state index contributed by atoms with van der Waals surface area (Å²) in [7, 11) is 0. The lowest BCUT2D eigenvalue weighted by molar-refractivity contribution is -0.136. The van der Waals surface area contributed by atoms with E-state index in [4.69, 9.17) is 5.11 Å². The van der Waals surface area contributed by atoms with Gasteiger partial charge in [-0.3, -0.25) is 4.79 Å². The zero-order chi connectivity index (χ0) is 11.4. The van der Waals surface area contributed by atoms with E-state index in [9.17, 15) is 13.6 Å². The SMILES string of the molecule is O=C(O)CCc1cc(S)ccc1C(F)F. The summed E-state index contributed by atoms with van der Waals surface area (Å²) in [5.41, 5.74) is 0.231. The van der Waals surface area contributed by atoms with Gasteiger partial charge < -0.3 is 5.11 Å². The molecule has 1 rings (SSSR count). The lowest BCUT2D eigenvalue weighted by atomic mass is 10.0. The second kappa shape index (κ2) is 5.11. The molecular weight excluding hydrogens is 222 g/mol. The summed E-state index contributed by atoms with van der Waals surface area (Å²) in [5, 5.41) is 8.47. The van der Waals surface area contributed by atoms with Crippen LogP contribution in [0.15, 0.2) is 23.1 Å². The van der Waals surface area contributed by atoms with Gasteiger partial charge in [0.1, 0.15) is 0 Å². The quantitative estimate of drug-likeness (QED) is 0.783. The lowest BCUT2D eigenvalue weighted by Gasteiger charge is -2.08. The molecule has 0 aliphatic heterocycles.